The number of anilines is 1. The molecule has 0 amide bonds. The van der Waals surface area contributed by atoms with Gasteiger partial charge >= 0.3 is 0 Å². The standard InChI is InChI=1S/C23H27N7O3S2.HI/c1-35(31,32)30-7-5-28(6-8-30)15-16-13-20-21(34-16)23(29-9-11-33-12-10-29)26-22(25-20)17-3-2-4-19-18(17)14-24-27-19;/h2-4,13-14H,5-12,15H2,1H3,(H,24,27);1H. The van der Waals surface area contributed by atoms with Gasteiger partial charge in [0.2, 0.25) is 10.0 Å². The van der Waals surface area contributed by atoms with Gasteiger partial charge in [-0.25, -0.2) is 18.4 Å². The number of hydrogen-bond acceptors (Lipinski definition) is 9. The molecule has 0 spiro atoms. The fraction of sp³-hybridized carbons (Fsp3) is 0.435. The van der Waals surface area contributed by atoms with Gasteiger partial charge in [0.25, 0.3) is 0 Å². The summed E-state index contributed by atoms with van der Waals surface area (Å²) in [6, 6.07) is 8.19. The van der Waals surface area contributed by atoms with E-state index in [0.29, 0.717) is 32.1 Å². The van der Waals surface area contributed by atoms with E-state index in [4.69, 9.17) is 14.7 Å². The van der Waals surface area contributed by atoms with Gasteiger partial charge in [-0.3, -0.25) is 10.00 Å². The van der Waals surface area contributed by atoms with Crippen molar-refractivity contribution in [1.29, 1.82) is 0 Å². The second-order valence-corrected chi connectivity index (χ2v) is 12.1. The molecule has 192 valence electrons. The molecule has 0 radical (unpaired) electrons. The number of sulfonamides is 1. The number of nitrogens with zero attached hydrogens (tertiary/aromatic N) is 6. The van der Waals surface area contributed by atoms with Crippen LogP contribution in [0.1, 0.15) is 4.88 Å². The first kappa shape index (κ1) is 25.7. The Hall–Kier alpha value is -1.91. The van der Waals surface area contributed by atoms with Crippen LogP contribution in [0.15, 0.2) is 30.5 Å². The number of halogens is 1. The van der Waals surface area contributed by atoms with Crippen molar-refractivity contribution >= 4 is 72.3 Å². The van der Waals surface area contributed by atoms with Crippen LogP contribution in [0.25, 0.3) is 32.5 Å². The highest BCUT2D eigenvalue weighted by atomic mass is 127. The molecule has 1 aromatic carbocycles. The molecule has 2 aliphatic heterocycles. The van der Waals surface area contributed by atoms with Crippen molar-refractivity contribution < 1.29 is 13.2 Å². The van der Waals surface area contributed by atoms with Crippen molar-refractivity contribution in [3.05, 3.63) is 35.3 Å². The summed E-state index contributed by atoms with van der Waals surface area (Å²) < 4.78 is 31.9. The molecule has 2 aliphatic rings. The third-order valence-electron chi connectivity index (χ3n) is 6.62. The van der Waals surface area contributed by atoms with Gasteiger partial charge in [-0.15, -0.1) is 35.3 Å². The van der Waals surface area contributed by atoms with Gasteiger partial charge < -0.3 is 9.64 Å². The van der Waals surface area contributed by atoms with E-state index >= 15 is 0 Å². The summed E-state index contributed by atoms with van der Waals surface area (Å²) >= 11 is 1.73. The Balaban J connectivity index is 0.00000267. The Morgan fingerprint density at radius 2 is 1.86 bits per heavy atom. The van der Waals surface area contributed by atoms with Crippen molar-refractivity contribution in [3.63, 3.8) is 0 Å². The first-order valence-corrected chi connectivity index (χ1v) is 14.4. The van der Waals surface area contributed by atoms with Crippen LogP contribution in [0, 0.1) is 0 Å². The summed E-state index contributed by atoms with van der Waals surface area (Å²) in [5, 5.41) is 8.23. The first-order valence-electron chi connectivity index (χ1n) is 11.7. The maximum atomic E-state index is 11.8. The minimum atomic E-state index is -3.13. The molecule has 5 heterocycles. The van der Waals surface area contributed by atoms with E-state index in [1.165, 1.54) is 11.1 Å². The monoisotopic (exact) mass is 641 g/mol. The molecule has 10 nitrogen and oxygen atoms in total. The molecule has 3 aromatic heterocycles. The SMILES string of the molecule is CS(=O)(=O)N1CCN(Cc2cc3nc(-c4cccc5[nH]ncc45)nc(N4CCOCC4)c3s2)CC1.I. The van der Waals surface area contributed by atoms with Crippen LogP contribution in [0.2, 0.25) is 0 Å². The number of hydrogen-bond donors (Lipinski definition) is 1. The van der Waals surface area contributed by atoms with E-state index in [-0.39, 0.29) is 24.0 Å². The topological polar surface area (TPSA) is 108 Å². The van der Waals surface area contributed by atoms with E-state index in [1.54, 1.807) is 15.6 Å². The van der Waals surface area contributed by atoms with Crippen LogP contribution in [-0.2, 0) is 21.3 Å². The fourth-order valence-electron chi connectivity index (χ4n) is 4.75. The van der Waals surface area contributed by atoms with E-state index in [1.807, 2.05) is 24.4 Å². The van der Waals surface area contributed by atoms with Gasteiger partial charge in [0.1, 0.15) is 0 Å². The van der Waals surface area contributed by atoms with Crippen LogP contribution in [0.5, 0.6) is 0 Å². The number of aromatic amines is 1. The molecule has 0 unspecified atom stereocenters. The Kier molecular flexibility index (Phi) is 7.47. The molecule has 0 saturated carbocycles. The molecule has 1 N–H and O–H groups in total. The number of fused-ring (bicyclic) bond motifs is 2. The van der Waals surface area contributed by atoms with Crippen molar-refractivity contribution in [1.82, 2.24) is 29.4 Å². The van der Waals surface area contributed by atoms with E-state index < -0.39 is 10.0 Å². The lowest BCUT2D eigenvalue weighted by Gasteiger charge is -2.32. The smallest absolute Gasteiger partial charge is 0.211 e. The number of benzene rings is 1. The van der Waals surface area contributed by atoms with Crippen LogP contribution in [0.4, 0.5) is 5.82 Å². The first-order chi connectivity index (χ1) is 17.0. The number of aromatic nitrogens is 4. The van der Waals surface area contributed by atoms with Gasteiger partial charge in [0, 0.05) is 61.6 Å². The maximum Gasteiger partial charge on any atom is 0.211 e. The second-order valence-electron chi connectivity index (χ2n) is 8.97. The predicted molar refractivity (Wildman–Crippen MR) is 153 cm³/mol. The van der Waals surface area contributed by atoms with Gasteiger partial charge in [-0.05, 0) is 12.1 Å². The normalized spacial score (nSPS) is 18.1. The van der Waals surface area contributed by atoms with Crippen molar-refractivity contribution in [2.75, 3.05) is 63.6 Å². The number of morpholine rings is 1. The van der Waals surface area contributed by atoms with Crippen molar-refractivity contribution in [2.45, 2.75) is 6.54 Å². The molecule has 4 aromatic rings. The number of H-pyrrole nitrogens is 1. The highest BCUT2D eigenvalue weighted by Gasteiger charge is 2.25. The van der Waals surface area contributed by atoms with Gasteiger partial charge in [0.15, 0.2) is 11.6 Å². The fourth-order valence-corrected chi connectivity index (χ4v) is 6.74. The molecule has 2 saturated heterocycles. The summed E-state index contributed by atoms with van der Waals surface area (Å²) in [6.07, 6.45) is 3.10. The molecular formula is C23H28IN7O3S2. The number of piperazine rings is 1. The summed E-state index contributed by atoms with van der Waals surface area (Å²) in [4.78, 5) is 15.8. The highest BCUT2D eigenvalue weighted by molar-refractivity contribution is 14.0. The Morgan fingerprint density at radius 3 is 2.61 bits per heavy atom. The number of thiophene rings is 1. The average molecular weight is 642 g/mol. The van der Waals surface area contributed by atoms with Crippen LogP contribution < -0.4 is 4.90 Å². The molecule has 2 fully saturated rings. The van der Waals surface area contributed by atoms with Crippen LogP contribution in [-0.4, -0.2) is 96.5 Å². The summed E-state index contributed by atoms with van der Waals surface area (Å²) in [5.41, 5.74) is 2.85. The van der Waals surface area contributed by atoms with Crippen LogP contribution in [0.3, 0.4) is 0 Å². The highest BCUT2D eigenvalue weighted by Crippen LogP contribution is 2.36. The zero-order chi connectivity index (χ0) is 24.0. The lowest BCUT2D eigenvalue weighted by Crippen LogP contribution is -2.47. The Morgan fingerprint density at radius 1 is 1.08 bits per heavy atom. The predicted octanol–water partition coefficient (Wildman–Crippen LogP) is 2.77. The minimum Gasteiger partial charge on any atom is -0.378 e. The lowest BCUT2D eigenvalue weighted by molar-refractivity contribution is 0.122. The summed E-state index contributed by atoms with van der Waals surface area (Å²) in [6.45, 7) is 6.22. The molecule has 0 bridgehead atoms. The van der Waals surface area contributed by atoms with Crippen molar-refractivity contribution in [2.24, 2.45) is 0 Å². The third kappa shape index (κ3) is 5.09. The van der Waals surface area contributed by atoms with E-state index in [9.17, 15) is 8.42 Å². The van der Waals surface area contributed by atoms with Gasteiger partial charge in [-0.1, -0.05) is 12.1 Å². The molecule has 13 heteroatoms. The van der Waals surface area contributed by atoms with E-state index in [0.717, 1.165) is 65.2 Å². The molecular weight excluding hydrogens is 613 g/mol. The van der Waals surface area contributed by atoms with Crippen LogP contribution >= 0.6 is 35.3 Å². The van der Waals surface area contributed by atoms with E-state index in [2.05, 4.69) is 26.1 Å². The third-order valence-corrected chi connectivity index (χ3v) is 9.03. The lowest BCUT2D eigenvalue weighted by atomic mass is 10.1. The number of nitrogens with one attached hydrogen (secondary N) is 1. The summed E-state index contributed by atoms with van der Waals surface area (Å²) in [7, 11) is -3.13. The number of rotatable bonds is 5. The molecule has 36 heavy (non-hydrogen) atoms. The second kappa shape index (κ2) is 10.5. The zero-order valence-corrected chi connectivity index (χ0v) is 23.8. The quantitative estimate of drug-likeness (QED) is 0.332. The molecule has 6 rings (SSSR count). The van der Waals surface area contributed by atoms with Crippen molar-refractivity contribution in [3.8, 4) is 11.4 Å². The Bertz CT molecular complexity index is 1480. The maximum absolute atomic E-state index is 11.8. The molecule has 0 atom stereocenters. The summed E-state index contributed by atoms with van der Waals surface area (Å²) in [5.74, 6) is 1.64. The van der Waals surface area contributed by atoms with Gasteiger partial charge in [0.05, 0.1) is 41.4 Å². The zero-order valence-electron chi connectivity index (χ0n) is 19.9. The minimum absolute atomic E-state index is 0. The number of ether oxygens (including phenoxy) is 1. The average Bonchev–Trinajstić information content (AvgIpc) is 3.50. The Labute approximate surface area is 230 Å². The molecule has 0 aliphatic carbocycles. The van der Waals surface area contributed by atoms with Gasteiger partial charge in [-0.2, -0.15) is 9.40 Å². The largest absolute Gasteiger partial charge is 0.378 e.